The summed E-state index contributed by atoms with van der Waals surface area (Å²) in [6, 6.07) is 0. The van der Waals surface area contributed by atoms with Crippen molar-refractivity contribution in [3.05, 3.63) is 29.3 Å². The fourth-order valence-corrected chi connectivity index (χ4v) is 3.41. The highest BCUT2D eigenvalue weighted by atomic mass is 32.1. The van der Waals surface area contributed by atoms with Crippen molar-refractivity contribution in [3.63, 3.8) is 0 Å². The first kappa shape index (κ1) is 12.7. The van der Waals surface area contributed by atoms with Crippen molar-refractivity contribution in [2.45, 2.75) is 33.2 Å². The monoisotopic (exact) mass is 276 g/mol. The van der Waals surface area contributed by atoms with Gasteiger partial charge in [-0.1, -0.05) is 13.8 Å². The van der Waals surface area contributed by atoms with Crippen LogP contribution in [0.3, 0.4) is 0 Å². The minimum atomic E-state index is 0.493. The van der Waals surface area contributed by atoms with E-state index in [9.17, 15) is 0 Å². The van der Waals surface area contributed by atoms with Crippen molar-refractivity contribution < 1.29 is 0 Å². The molecular formula is C14H20N4S. The molecule has 0 amide bonds. The third-order valence-corrected chi connectivity index (χ3v) is 4.57. The van der Waals surface area contributed by atoms with Crippen molar-refractivity contribution in [2.24, 2.45) is 5.92 Å². The van der Waals surface area contributed by atoms with Gasteiger partial charge in [0, 0.05) is 49.2 Å². The molecule has 1 fully saturated rings. The summed E-state index contributed by atoms with van der Waals surface area (Å²) in [6.45, 7) is 9.76. The van der Waals surface area contributed by atoms with Crippen molar-refractivity contribution in [3.8, 4) is 0 Å². The number of thiazole rings is 1. The van der Waals surface area contributed by atoms with E-state index in [4.69, 9.17) is 0 Å². The van der Waals surface area contributed by atoms with Crippen LogP contribution in [0.2, 0.25) is 0 Å². The maximum absolute atomic E-state index is 4.54. The molecule has 0 N–H and O–H groups in total. The Kier molecular flexibility index (Phi) is 3.31. The summed E-state index contributed by atoms with van der Waals surface area (Å²) in [5.74, 6) is 2.41. The van der Waals surface area contributed by atoms with Crippen LogP contribution in [0.15, 0.2) is 17.8 Å². The molecule has 1 aliphatic rings. The average molecular weight is 276 g/mol. The molecule has 0 radical (unpaired) electrons. The lowest BCUT2D eigenvalue weighted by atomic mass is 10.0. The van der Waals surface area contributed by atoms with Gasteiger partial charge in [0.15, 0.2) is 5.13 Å². The van der Waals surface area contributed by atoms with Crippen LogP contribution in [0.1, 0.15) is 31.3 Å². The topological polar surface area (TPSA) is 34.0 Å². The maximum atomic E-state index is 4.54. The van der Waals surface area contributed by atoms with Gasteiger partial charge in [-0.05, 0) is 6.92 Å². The van der Waals surface area contributed by atoms with Crippen molar-refractivity contribution in [2.75, 3.05) is 18.0 Å². The molecular weight excluding hydrogens is 256 g/mol. The summed E-state index contributed by atoms with van der Waals surface area (Å²) in [5, 5.41) is 3.29. The Morgan fingerprint density at radius 1 is 1.42 bits per heavy atom. The lowest BCUT2D eigenvalue weighted by molar-refractivity contribution is 0.350. The molecule has 0 aliphatic carbocycles. The molecule has 2 aromatic rings. The number of aryl methyl sites for hydroxylation is 1. The van der Waals surface area contributed by atoms with Crippen molar-refractivity contribution in [1.29, 1.82) is 0 Å². The van der Waals surface area contributed by atoms with Gasteiger partial charge >= 0.3 is 0 Å². The molecule has 102 valence electrons. The summed E-state index contributed by atoms with van der Waals surface area (Å²) in [5.41, 5.74) is 1.13. The molecule has 5 heteroatoms. The Morgan fingerprint density at radius 3 is 2.84 bits per heavy atom. The Bertz CT molecular complexity index is 551. The van der Waals surface area contributed by atoms with E-state index in [0.29, 0.717) is 5.92 Å². The fraction of sp³-hybridized carbons (Fsp3) is 0.571. The van der Waals surface area contributed by atoms with E-state index >= 15 is 0 Å². The van der Waals surface area contributed by atoms with Crippen LogP contribution in [0.25, 0.3) is 0 Å². The molecule has 0 bridgehead atoms. The number of hydrogen-bond acceptors (Lipinski definition) is 4. The Balaban J connectivity index is 1.58. The maximum Gasteiger partial charge on any atom is 0.185 e. The minimum absolute atomic E-state index is 0.493. The van der Waals surface area contributed by atoms with Gasteiger partial charge in [0.05, 0.1) is 5.69 Å². The second-order valence-corrected chi connectivity index (χ2v) is 6.47. The Morgan fingerprint density at radius 2 is 2.21 bits per heavy atom. The van der Waals surface area contributed by atoms with Crippen LogP contribution >= 0.6 is 11.3 Å². The second-order valence-electron chi connectivity index (χ2n) is 5.63. The zero-order valence-electron chi connectivity index (χ0n) is 11.7. The van der Waals surface area contributed by atoms with E-state index in [0.717, 1.165) is 31.2 Å². The quantitative estimate of drug-likeness (QED) is 0.861. The molecule has 0 atom stereocenters. The number of imidazole rings is 1. The molecule has 3 heterocycles. The number of rotatable bonds is 4. The third kappa shape index (κ3) is 2.52. The van der Waals surface area contributed by atoms with Crippen molar-refractivity contribution >= 4 is 16.5 Å². The minimum Gasteiger partial charge on any atom is -0.347 e. The molecule has 0 aromatic carbocycles. The van der Waals surface area contributed by atoms with Crippen LogP contribution in [0, 0.1) is 12.8 Å². The van der Waals surface area contributed by atoms with E-state index < -0.39 is 0 Å². The standard InChI is InChI=1S/C14H20N4S/c1-10(2)13-15-4-5-17(13)6-12-7-18(8-12)14-16-11(3)9-19-14/h4-5,9-10,12H,6-8H2,1-3H3. The van der Waals surface area contributed by atoms with Gasteiger partial charge in [-0.2, -0.15) is 0 Å². The van der Waals surface area contributed by atoms with Gasteiger partial charge in [0.2, 0.25) is 0 Å². The molecule has 19 heavy (non-hydrogen) atoms. The van der Waals surface area contributed by atoms with E-state index in [1.165, 1.54) is 11.0 Å². The third-order valence-electron chi connectivity index (χ3n) is 3.55. The number of hydrogen-bond donors (Lipinski definition) is 0. The van der Waals surface area contributed by atoms with Gasteiger partial charge in [-0.3, -0.25) is 0 Å². The lowest BCUT2D eigenvalue weighted by Gasteiger charge is -2.39. The van der Waals surface area contributed by atoms with Gasteiger partial charge in [0.25, 0.3) is 0 Å². The zero-order valence-corrected chi connectivity index (χ0v) is 12.5. The normalized spacial score (nSPS) is 16.1. The summed E-state index contributed by atoms with van der Waals surface area (Å²) < 4.78 is 2.31. The van der Waals surface area contributed by atoms with E-state index in [1.807, 2.05) is 6.20 Å². The lowest BCUT2D eigenvalue weighted by Crippen LogP contribution is -2.48. The van der Waals surface area contributed by atoms with Crippen LogP contribution in [-0.2, 0) is 6.54 Å². The Hall–Kier alpha value is -1.36. The molecule has 1 saturated heterocycles. The average Bonchev–Trinajstić information content (AvgIpc) is 2.91. The predicted molar refractivity (Wildman–Crippen MR) is 78.9 cm³/mol. The molecule has 0 unspecified atom stereocenters. The summed E-state index contributed by atoms with van der Waals surface area (Å²) >= 11 is 1.75. The predicted octanol–water partition coefficient (Wildman–Crippen LogP) is 2.91. The first-order valence-electron chi connectivity index (χ1n) is 6.81. The SMILES string of the molecule is Cc1csc(N2CC(Cn3ccnc3C(C)C)C2)n1. The van der Waals surface area contributed by atoms with E-state index in [1.54, 1.807) is 11.3 Å². The van der Waals surface area contributed by atoms with Crippen LogP contribution in [0.5, 0.6) is 0 Å². The van der Waals surface area contributed by atoms with Gasteiger partial charge in [0.1, 0.15) is 5.82 Å². The molecule has 4 nitrogen and oxygen atoms in total. The fourth-order valence-electron chi connectivity index (χ4n) is 2.58. The summed E-state index contributed by atoms with van der Waals surface area (Å²) in [7, 11) is 0. The van der Waals surface area contributed by atoms with Crippen molar-refractivity contribution in [1.82, 2.24) is 14.5 Å². The zero-order chi connectivity index (χ0) is 13.4. The number of aromatic nitrogens is 3. The highest BCUT2D eigenvalue weighted by molar-refractivity contribution is 7.13. The van der Waals surface area contributed by atoms with E-state index in [2.05, 4.69) is 51.8 Å². The molecule has 1 aliphatic heterocycles. The largest absolute Gasteiger partial charge is 0.347 e. The summed E-state index contributed by atoms with van der Waals surface area (Å²) in [6.07, 6.45) is 4.02. The van der Waals surface area contributed by atoms with Crippen LogP contribution < -0.4 is 4.90 Å². The van der Waals surface area contributed by atoms with E-state index in [-0.39, 0.29) is 0 Å². The van der Waals surface area contributed by atoms with Gasteiger partial charge in [-0.25, -0.2) is 9.97 Å². The molecule has 2 aromatic heterocycles. The summed E-state index contributed by atoms with van der Waals surface area (Å²) in [4.78, 5) is 11.4. The number of nitrogens with zero attached hydrogens (tertiary/aromatic N) is 4. The molecule has 0 saturated carbocycles. The smallest absolute Gasteiger partial charge is 0.185 e. The highest BCUT2D eigenvalue weighted by Gasteiger charge is 2.29. The highest BCUT2D eigenvalue weighted by Crippen LogP contribution is 2.29. The first-order valence-corrected chi connectivity index (χ1v) is 7.69. The van der Waals surface area contributed by atoms with Crippen LogP contribution in [0.4, 0.5) is 5.13 Å². The Labute approximate surface area is 118 Å². The van der Waals surface area contributed by atoms with Gasteiger partial charge in [-0.15, -0.1) is 11.3 Å². The molecule has 3 rings (SSSR count). The molecule has 0 spiro atoms. The van der Waals surface area contributed by atoms with Gasteiger partial charge < -0.3 is 9.47 Å². The number of anilines is 1. The second kappa shape index (κ2) is 4.96. The van der Waals surface area contributed by atoms with Crippen LogP contribution in [-0.4, -0.2) is 27.6 Å². The first-order chi connectivity index (χ1) is 9.13.